The lowest BCUT2D eigenvalue weighted by Crippen LogP contribution is -2.38. The maximum absolute atomic E-state index is 6.00. The Labute approximate surface area is 144 Å². The van der Waals surface area contributed by atoms with Crippen LogP contribution in [0.5, 0.6) is 0 Å². The normalized spacial score (nSPS) is 21.6. The molecule has 2 aliphatic rings. The fraction of sp³-hybridized carbons (Fsp3) is 0.550. The molecule has 1 aliphatic heterocycles. The van der Waals surface area contributed by atoms with Gasteiger partial charge < -0.3 is 14.6 Å². The van der Waals surface area contributed by atoms with Crippen molar-refractivity contribution in [2.24, 2.45) is 5.92 Å². The number of benzene rings is 1. The lowest BCUT2D eigenvalue weighted by molar-refractivity contribution is 0.00238. The van der Waals surface area contributed by atoms with E-state index >= 15 is 0 Å². The number of rotatable bonds is 5. The maximum Gasteiger partial charge on any atom is 0.135 e. The molecule has 0 saturated heterocycles. The minimum Gasteiger partial charge on any atom is -0.367 e. The topological polar surface area (TPSA) is 39.1 Å². The highest BCUT2D eigenvalue weighted by atomic mass is 16.5. The minimum absolute atomic E-state index is 0.249. The van der Waals surface area contributed by atoms with Crippen molar-refractivity contribution in [2.75, 3.05) is 13.1 Å². The molecule has 1 unspecified atom stereocenters. The summed E-state index contributed by atoms with van der Waals surface area (Å²) >= 11 is 0. The van der Waals surface area contributed by atoms with Crippen LogP contribution in [-0.4, -0.2) is 28.7 Å². The average molecular weight is 325 g/mol. The molecule has 1 N–H and O–H groups in total. The van der Waals surface area contributed by atoms with Gasteiger partial charge >= 0.3 is 0 Å². The van der Waals surface area contributed by atoms with E-state index in [1.807, 2.05) is 6.07 Å². The third-order valence-corrected chi connectivity index (χ3v) is 5.31. The minimum atomic E-state index is 0.249. The molecular weight excluding hydrogens is 298 g/mol. The summed E-state index contributed by atoms with van der Waals surface area (Å²) in [6, 6.07) is 10.4. The van der Waals surface area contributed by atoms with E-state index in [0.717, 1.165) is 37.1 Å². The van der Waals surface area contributed by atoms with Crippen molar-refractivity contribution in [3.63, 3.8) is 0 Å². The summed E-state index contributed by atoms with van der Waals surface area (Å²) in [5, 5.41) is 3.64. The number of hydrogen-bond donors (Lipinski definition) is 1. The highest BCUT2D eigenvalue weighted by Crippen LogP contribution is 2.24. The summed E-state index contributed by atoms with van der Waals surface area (Å²) in [5.41, 5.74) is 2.22. The van der Waals surface area contributed by atoms with Gasteiger partial charge in [-0.05, 0) is 25.3 Å². The Hall–Kier alpha value is -1.65. The van der Waals surface area contributed by atoms with Crippen LogP contribution >= 0.6 is 0 Å². The largest absolute Gasteiger partial charge is 0.367 e. The summed E-state index contributed by atoms with van der Waals surface area (Å²) in [6.45, 7) is 3.59. The number of imidazole rings is 1. The van der Waals surface area contributed by atoms with E-state index < -0.39 is 0 Å². The van der Waals surface area contributed by atoms with E-state index in [9.17, 15) is 0 Å². The summed E-state index contributed by atoms with van der Waals surface area (Å²) < 4.78 is 8.26. The second-order valence-corrected chi connectivity index (χ2v) is 7.16. The van der Waals surface area contributed by atoms with Crippen LogP contribution in [0.1, 0.15) is 37.9 Å². The molecule has 1 saturated carbocycles. The molecule has 24 heavy (non-hydrogen) atoms. The van der Waals surface area contributed by atoms with Gasteiger partial charge in [0.15, 0.2) is 0 Å². The van der Waals surface area contributed by atoms with Gasteiger partial charge in [0.25, 0.3) is 0 Å². The Kier molecular flexibility index (Phi) is 4.95. The van der Waals surface area contributed by atoms with Gasteiger partial charge in [-0.25, -0.2) is 4.98 Å². The lowest BCUT2D eigenvalue weighted by atomic mass is 9.89. The quantitative estimate of drug-likeness (QED) is 0.912. The Bertz CT molecular complexity index is 646. The van der Waals surface area contributed by atoms with E-state index in [0.29, 0.717) is 6.61 Å². The van der Waals surface area contributed by atoms with Crippen LogP contribution in [0.2, 0.25) is 0 Å². The van der Waals surface area contributed by atoms with Gasteiger partial charge in [0.1, 0.15) is 12.4 Å². The molecule has 2 aromatic rings. The van der Waals surface area contributed by atoms with Crippen molar-refractivity contribution in [3.8, 4) is 11.3 Å². The van der Waals surface area contributed by atoms with Gasteiger partial charge in [-0.15, -0.1) is 0 Å². The highest BCUT2D eigenvalue weighted by Gasteiger charge is 2.21. The van der Waals surface area contributed by atoms with E-state index in [-0.39, 0.29) is 6.10 Å². The summed E-state index contributed by atoms with van der Waals surface area (Å²) in [6.07, 6.45) is 9.45. The summed E-state index contributed by atoms with van der Waals surface area (Å²) in [4.78, 5) is 4.73. The van der Waals surface area contributed by atoms with Crippen LogP contribution in [-0.2, 0) is 17.9 Å². The van der Waals surface area contributed by atoms with E-state index in [1.165, 1.54) is 37.7 Å². The average Bonchev–Trinajstić information content (AvgIpc) is 3.07. The molecule has 1 atom stereocenters. The molecule has 0 amide bonds. The molecule has 0 bridgehead atoms. The summed E-state index contributed by atoms with van der Waals surface area (Å²) in [5.74, 6) is 1.91. The van der Waals surface area contributed by atoms with Crippen molar-refractivity contribution in [1.82, 2.24) is 14.9 Å². The number of hydrogen-bond acceptors (Lipinski definition) is 3. The van der Waals surface area contributed by atoms with Gasteiger partial charge in [0.2, 0.25) is 0 Å². The number of nitrogens with zero attached hydrogens (tertiary/aromatic N) is 2. The Morgan fingerprint density at radius 3 is 2.75 bits per heavy atom. The van der Waals surface area contributed by atoms with Crippen LogP contribution in [0, 0.1) is 5.92 Å². The Morgan fingerprint density at radius 1 is 1.08 bits per heavy atom. The highest BCUT2D eigenvalue weighted by molar-refractivity contribution is 5.58. The molecule has 2 heterocycles. The van der Waals surface area contributed by atoms with Crippen LogP contribution < -0.4 is 5.32 Å². The van der Waals surface area contributed by atoms with Crippen LogP contribution in [0.15, 0.2) is 36.5 Å². The molecule has 1 aromatic heterocycles. The van der Waals surface area contributed by atoms with Crippen LogP contribution in [0.3, 0.4) is 0 Å². The first-order valence-electron chi connectivity index (χ1n) is 9.32. The number of nitrogens with one attached hydrogen (secondary N) is 1. The molecule has 0 radical (unpaired) electrons. The summed E-state index contributed by atoms with van der Waals surface area (Å²) in [7, 11) is 0. The first-order valence-corrected chi connectivity index (χ1v) is 9.32. The predicted octanol–water partition coefficient (Wildman–Crippen LogP) is 3.62. The van der Waals surface area contributed by atoms with Crippen molar-refractivity contribution in [2.45, 2.75) is 51.4 Å². The van der Waals surface area contributed by atoms with Crippen molar-refractivity contribution in [3.05, 3.63) is 42.4 Å². The zero-order valence-electron chi connectivity index (χ0n) is 14.3. The molecule has 128 valence electrons. The van der Waals surface area contributed by atoms with E-state index in [4.69, 9.17) is 9.72 Å². The smallest absolute Gasteiger partial charge is 0.135 e. The fourth-order valence-electron chi connectivity index (χ4n) is 3.90. The Morgan fingerprint density at radius 2 is 1.92 bits per heavy atom. The van der Waals surface area contributed by atoms with Gasteiger partial charge in [0, 0.05) is 18.3 Å². The van der Waals surface area contributed by atoms with Gasteiger partial charge in [-0.1, -0.05) is 49.6 Å². The van der Waals surface area contributed by atoms with Gasteiger partial charge in [0.05, 0.1) is 18.3 Å². The van der Waals surface area contributed by atoms with Crippen LogP contribution in [0.4, 0.5) is 0 Å². The van der Waals surface area contributed by atoms with Gasteiger partial charge in [-0.3, -0.25) is 0 Å². The van der Waals surface area contributed by atoms with Crippen LogP contribution in [0.25, 0.3) is 11.3 Å². The number of ether oxygens (including phenoxy) is 1. The van der Waals surface area contributed by atoms with Crippen molar-refractivity contribution >= 4 is 0 Å². The second kappa shape index (κ2) is 7.49. The molecular formula is C20H27N3O. The number of fused-ring (bicyclic) bond motifs is 1. The molecule has 4 nitrogen and oxygen atoms in total. The maximum atomic E-state index is 6.00. The first-order chi connectivity index (χ1) is 11.9. The van der Waals surface area contributed by atoms with E-state index in [2.05, 4.69) is 40.3 Å². The molecule has 1 aliphatic carbocycles. The zero-order valence-corrected chi connectivity index (χ0v) is 14.3. The number of aromatic nitrogens is 2. The van der Waals surface area contributed by atoms with Crippen molar-refractivity contribution in [1.29, 1.82) is 0 Å². The molecule has 1 fully saturated rings. The Balaban J connectivity index is 1.31. The second-order valence-electron chi connectivity index (χ2n) is 7.16. The van der Waals surface area contributed by atoms with Gasteiger partial charge in [-0.2, -0.15) is 0 Å². The standard InChI is InChI=1S/C20H27N3O/c1-3-7-16(8-4-1)11-21-12-18-13-23-14-19(22-20(23)15-24-18)17-9-5-2-6-10-17/h2,5-6,9-10,14,16,18,21H,1,3-4,7-8,11-13,15H2. The van der Waals surface area contributed by atoms with E-state index in [1.54, 1.807) is 0 Å². The third-order valence-electron chi connectivity index (χ3n) is 5.31. The fourth-order valence-corrected chi connectivity index (χ4v) is 3.90. The molecule has 1 aromatic carbocycles. The molecule has 0 spiro atoms. The monoisotopic (exact) mass is 325 g/mol. The van der Waals surface area contributed by atoms with Crippen molar-refractivity contribution < 1.29 is 4.74 Å². The first kappa shape index (κ1) is 15.9. The lowest BCUT2D eigenvalue weighted by Gasteiger charge is -2.26. The SMILES string of the molecule is c1ccc(-c2cn3c(n2)COC(CNCC2CCCCC2)C3)cc1. The zero-order chi connectivity index (χ0) is 16.2. The molecule has 4 heteroatoms. The third kappa shape index (κ3) is 3.70. The molecule has 4 rings (SSSR count). The predicted molar refractivity (Wildman–Crippen MR) is 95.7 cm³/mol.